The summed E-state index contributed by atoms with van der Waals surface area (Å²) < 4.78 is 78.0. The summed E-state index contributed by atoms with van der Waals surface area (Å²) in [5.74, 6) is -0.656. The van der Waals surface area contributed by atoms with Crippen molar-refractivity contribution in [1.82, 2.24) is 39.0 Å². The maximum atomic E-state index is 16.9. The standard InChI is InChI=1S/C38H34F2N10O10P2S2/c39-27-31-26(58-37(27)49-19-46-29-23(42-17-44-34(29)49)14-24(51)21-8-3-1-4-9-21)16-56-62(64,54-13-7-12-41)60-32-25(15-55-61(53,63)59-31)57-38(28(32)40)50-20-47-30-33(43-18-45-35(30)50)48-36(52)22-10-5-2-6-11-22/h1-6,8-11,17-20,25-28,31-32,37-38H,7,13-16H2,(H,53,63)(H,43,45,48,52)/t25-,26-,27-,28-,31-,32-,37-,38-,61?,62?/m1/s1. The number of hydrogen-bond acceptors (Lipinski definition) is 18. The van der Waals surface area contributed by atoms with E-state index in [1.54, 1.807) is 60.7 Å². The number of amides is 1. The highest BCUT2D eigenvalue weighted by molar-refractivity contribution is 8.07. The average molecular weight is 955 g/mol. The number of anilines is 1. The van der Waals surface area contributed by atoms with Gasteiger partial charge in [-0.3, -0.25) is 27.8 Å². The number of nitrogens with one attached hydrogen (secondary N) is 1. The third-order valence-electron chi connectivity index (χ3n) is 10.3. The molecule has 0 bridgehead atoms. The fraction of sp³-hybridized carbons (Fsp3) is 0.342. The molecule has 9 rings (SSSR count). The van der Waals surface area contributed by atoms with Gasteiger partial charge in [0.1, 0.15) is 42.6 Å². The van der Waals surface area contributed by atoms with Crippen LogP contribution in [0, 0.1) is 11.3 Å². The zero-order valence-electron chi connectivity index (χ0n) is 32.9. The van der Waals surface area contributed by atoms with Gasteiger partial charge in [-0.05, 0) is 35.7 Å². The van der Waals surface area contributed by atoms with Gasteiger partial charge >= 0.3 is 13.4 Å². The van der Waals surface area contributed by atoms with Crippen LogP contribution in [0.4, 0.5) is 14.6 Å². The van der Waals surface area contributed by atoms with Gasteiger partial charge in [0, 0.05) is 11.1 Å². The van der Waals surface area contributed by atoms with Gasteiger partial charge in [0.25, 0.3) is 5.91 Å². The average Bonchev–Trinajstić information content (AvgIpc) is 4.07. The Balaban J connectivity index is 0.975. The molecule has 6 aromatic rings. The van der Waals surface area contributed by atoms with E-state index < -0.39 is 81.8 Å². The maximum absolute atomic E-state index is 16.9. The molecule has 332 valence electrons. The molecular formula is C38H34F2N10O10P2S2. The van der Waals surface area contributed by atoms with Crippen molar-refractivity contribution in [3.8, 4) is 6.07 Å². The topological polar surface area (TPSA) is 242 Å². The molecule has 3 aliphatic heterocycles. The van der Waals surface area contributed by atoms with E-state index in [1.807, 2.05) is 6.07 Å². The van der Waals surface area contributed by atoms with Crippen LogP contribution in [0.25, 0.3) is 22.3 Å². The summed E-state index contributed by atoms with van der Waals surface area (Å²) >= 11 is 11.1. The summed E-state index contributed by atoms with van der Waals surface area (Å²) in [7, 11) is 0. The Morgan fingerprint density at radius 1 is 0.812 bits per heavy atom. The summed E-state index contributed by atoms with van der Waals surface area (Å²) in [6.45, 7) is -10.0. The lowest BCUT2D eigenvalue weighted by Crippen LogP contribution is -2.37. The number of hydrogen-bond donors (Lipinski definition) is 2. The number of nitrogens with zero attached hydrogens (tertiary/aromatic N) is 9. The van der Waals surface area contributed by atoms with Crippen LogP contribution in [0.5, 0.6) is 0 Å². The highest BCUT2D eigenvalue weighted by Gasteiger charge is 2.54. The lowest BCUT2D eigenvalue weighted by Gasteiger charge is -2.31. The molecule has 3 fully saturated rings. The molecule has 2 aromatic carbocycles. The van der Waals surface area contributed by atoms with E-state index in [4.69, 9.17) is 55.7 Å². The number of rotatable bonds is 10. The monoisotopic (exact) mass is 954 g/mol. The summed E-state index contributed by atoms with van der Waals surface area (Å²) in [5, 5.41) is 12.0. The number of carbonyl (C=O) groups excluding carboxylic acids is 2. The minimum absolute atomic E-state index is 0.0424. The number of ether oxygens (including phenoxy) is 2. The second-order valence-electron chi connectivity index (χ2n) is 14.4. The lowest BCUT2D eigenvalue weighted by atomic mass is 10.1. The molecule has 4 aromatic heterocycles. The van der Waals surface area contributed by atoms with E-state index in [1.165, 1.54) is 28.1 Å². The zero-order valence-corrected chi connectivity index (χ0v) is 36.3. The number of nitriles is 1. The highest BCUT2D eigenvalue weighted by atomic mass is 32.5. The van der Waals surface area contributed by atoms with Gasteiger partial charge in [-0.25, -0.2) is 38.7 Å². The molecule has 26 heteroatoms. The van der Waals surface area contributed by atoms with E-state index in [0.29, 0.717) is 11.1 Å². The number of fused-ring (bicyclic) bond motifs is 4. The largest absolute Gasteiger partial charge is 0.346 e. The molecule has 3 saturated heterocycles. The van der Waals surface area contributed by atoms with Gasteiger partial charge in [-0.15, -0.1) is 0 Å². The normalized spacial score (nSPS) is 29.6. The molecule has 0 saturated carbocycles. The molecule has 0 spiro atoms. The molecule has 10 atom stereocenters. The van der Waals surface area contributed by atoms with Crippen LogP contribution >= 0.6 is 13.4 Å². The molecule has 64 heavy (non-hydrogen) atoms. The van der Waals surface area contributed by atoms with Gasteiger partial charge in [0.05, 0.1) is 57.1 Å². The van der Waals surface area contributed by atoms with Crippen LogP contribution in [-0.2, 0) is 62.1 Å². The van der Waals surface area contributed by atoms with E-state index in [0.717, 1.165) is 6.33 Å². The van der Waals surface area contributed by atoms with Crippen LogP contribution in [0.15, 0.2) is 86.0 Å². The first-order valence-electron chi connectivity index (χ1n) is 19.4. The first kappa shape index (κ1) is 44.2. The number of imidazole rings is 2. The summed E-state index contributed by atoms with van der Waals surface area (Å²) in [6.07, 6.45) is -8.63. The third kappa shape index (κ3) is 8.99. The van der Waals surface area contributed by atoms with Gasteiger partial charge in [-0.2, -0.15) is 5.26 Å². The Morgan fingerprint density at radius 2 is 1.39 bits per heavy atom. The molecule has 2 N–H and O–H groups in total. The quantitative estimate of drug-likeness (QED) is 0.104. The SMILES string of the molecule is N#CCCOP1(=S)OC[C@H]2O[C@@H](n3cnc4c(CC(=O)c5ccccc5)ncnc43)[C@H](F)[C@@H]2OP(O)(=S)OC[C@H]2O[C@@H](n3cnc4c(NC(=O)c5ccccc5)ncnc43)[C@H](F)[C@@H]2O1. The number of alkyl halides is 2. The fourth-order valence-electron chi connectivity index (χ4n) is 7.32. The van der Waals surface area contributed by atoms with Crippen LogP contribution in [0.3, 0.4) is 0 Å². The van der Waals surface area contributed by atoms with E-state index in [2.05, 4.69) is 35.2 Å². The molecule has 7 heterocycles. The number of Topliss-reactive ketones (excluding diaryl/α,β-unsaturated/α-hetero) is 1. The minimum atomic E-state index is -4.39. The van der Waals surface area contributed by atoms with Crippen molar-refractivity contribution in [3.05, 3.63) is 103 Å². The first-order chi connectivity index (χ1) is 30.9. The van der Waals surface area contributed by atoms with E-state index in [-0.39, 0.29) is 59.1 Å². The summed E-state index contributed by atoms with van der Waals surface area (Å²) in [4.78, 5) is 63.0. The molecule has 0 aliphatic carbocycles. The smallest absolute Gasteiger partial charge is 0.327 e. The Labute approximate surface area is 371 Å². The summed E-state index contributed by atoms with van der Waals surface area (Å²) in [5.41, 5.74) is 1.64. The van der Waals surface area contributed by atoms with Crippen molar-refractivity contribution >= 4 is 76.9 Å². The van der Waals surface area contributed by atoms with Gasteiger partial charge in [0.2, 0.25) is 0 Å². The Kier molecular flexibility index (Phi) is 12.8. The number of benzene rings is 2. The van der Waals surface area contributed by atoms with Crippen LogP contribution < -0.4 is 5.32 Å². The third-order valence-corrected chi connectivity index (χ3v) is 14.3. The number of aromatic nitrogens is 8. The second-order valence-corrected chi connectivity index (χ2v) is 20.1. The minimum Gasteiger partial charge on any atom is -0.346 e. The van der Waals surface area contributed by atoms with Crippen molar-refractivity contribution < 1.29 is 55.4 Å². The van der Waals surface area contributed by atoms with Gasteiger partial charge in [0.15, 0.2) is 53.2 Å². The predicted octanol–water partition coefficient (Wildman–Crippen LogP) is 5.00. The summed E-state index contributed by atoms with van der Waals surface area (Å²) in [6, 6.07) is 18.9. The Hall–Kier alpha value is -4.99. The Bertz CT molecular complexity index is 2850. The second kappa shape index (κ2) is 18.5. The van der Waals surface area contributed by atoms with Crippen LogP contribution in [0.1, 0.15) is 45.3 Å². The van der Waals surface area contributed by atoms with Gasteiger partial charge in [-0.1, -0.05) is 48.5 Å². The highest BCUT2D eigenvalue weighted by Crippen LogP contribution is 2.57. The molecule has 3 aliphatic rings. The van der Waals surface area contributed by atoms with E-state index in [9.17, 15) is 19.7 Å². The lowest BCUT2D eigenvalue weighted by molar-refractivity contribution is -0.0598. The van der Waals surface area contributed by atoms with Crippen molar-refractivity contribution in [3.63, 3.8) is 0 Å². The zero-order chi connectivity index (χ0) is 44.6. The van der Waals surface area contributed by atoms with Gasteiger partial charge < -0.3 is 33.3 Å². The molecule has 1 amide bonds. The Morgan fingerprint density at radius 3 is 2.05 bits per heavy atom. The van der Waals surface area contributed by atoms with Crippen LogP contribution in [-0.4, -0.2) is 112 Å². The van der Waals surface area contributed by atoms with Crippen molar-refractivity contribution in [2.75, 3.05) is 25.1 Å². The van der Waals surface area contributed by atoms with Crippen molar-refractivity contribution in [2.45, 2.75) is 62.1 Å². The number of halogens is 2. The maximum Gasteiger partial charge on any atom is 0.327 e. The first-order valence-corrected chi connectivity index (χ1v) is 24.5. The number of carbonyl (C=O) groups is 2. The molecule has 2 unspecified atom stereocenters. The van der Waals surface area contributed by atoms with Crippen molar-refractivity contribution in [1.29, 1.82) is 5.26 Å². The molecule has 0 radical (unpaired) electrons. The molecular weight excluding hydrogens is 921 g/mol. The number of ketones is 1. The fourth-order valence-corrected chi connectivity index (χ4v) is 10.8. The van der Waals surface area contributed by atoms with E-state index >= 15 is 8.78 Å². The van der Waals surface area contributed by atoms with Crippen molar-refractivity contribution in [2.24, 2.45) is 0 Å². The molecule has 20 nitrogen and oxygen atoms in total. The van der Waals surface area contributed by atoms with Crippen LogP contribution in [0.2, 0.25) is 0 Å². The predicted molar refractivity (Wildman–Crippen MR) is 226 cm³/mol.